The largest absolute Gasteiger partial charge is 0.370 e. The Hall–Kier alpha value is -4.00. The third kappa shape index (κ3) is 4.23. The molecule has 0 bridgehead atoms. The van der Waals surface area contributed by atoms with Crippen LogP contribution in [0.25, 0.3) is 16.9 Å². The molecule has 0 atom stereocenters. The number of carbonyl (C=O) groups is 1. The predicted molar refractivity (Wildman–Crippen MR) is 125 cm³/mol. The van der Waals surface area contributed by atoms with Crippen molar-refractivity contribution in [2.45, 2.75) is 19.3 Å². The van der Waals surface area contributed by atoms with Crippen molar-refractivity contribution in [1.82, 2.24) is 19.7 Å². The summed E-state index contributed by atoms with van der Waals surface area (Å²) in [5, 5.41) is 7.60. The minimum Gasteiger partial charge on any atom is -0.370 e. The van der Waals surface area contributed by atoms with Crippen molar-refractivity contribution in [3.05, 3.63) is 84.9 Å². The maximum absolute atomic E-state index is 13.2. The van der Waals surface area contributed by atoms with E-state index in [0.717, 1.165) is 30.0 Å². The van der Waals surface area contributed by atoms with E-state index in [1.807, 2.05) is 60.8 Å². The number of aromatic nitrogens is 4. The van der Waals surface area contributed by atoms with Gasteiger partial charge in [-0.3, -0.25) is 9.78 Å². The summed E-state index contributed by atoms with van der Waals surface area (Å²) in [6.45, 7) is 2.11. The molecule has 3 aromatic heterocycles. The molecule has 0 aliphatic carbocycles. The Bertz CT molecular complexity index is 1180. The predicted octanol–water partition coefficient (Wildman–Crippen LogP) is 4.57. The fourth-order valence-corrected chi connectivity index (χ4v) is 3.95. The smallest absolute Gasteiger partial charge is 0.260 e. The molecule has 1 N–H and O–H groups in total. The van der Waals surface area contributed by atoms with Crippen LogP contribution in [0.1, 0.15) is 29.6 Å². The number of hydrogen-bond acceptors (Lipinski definition) is 5. The molecule has 7 heteroatoms. The van der Waals surface area contributed by atoms with Gasteiger partial charge in [-0.05, 0) is 55.7 Å². The molecule has 7 nitrogen and oxygen atoms in total. The number of rotatable bonds is 5. The molecular formula is C25H24N6O. The van der Waals surface area contributed by atoms with Crippen LogP contribution >= 0.6 is 0 Å². The molecular weight excluding hydrogens is 400 g/mol. The zero-order chi connectivity index (χ0) is 21.8. The first-order chi connectivity index (χ1) is 15.8. The Kier molecular flexibility index (Phi) is 5.61. The second-order valence-corrected chi connectivity index (χ2v) is 7.82. The van der Waals surface area contributed by atoms with Gasteiger partial charge in [0.2, 0.25) is 0 Å². The highest BCUT2D eigenvalue weighted by atomic mass is 16.1. The summed E-state index contributed by atoms with van der Waals surface area (Å²) in [7, 11) is 0. The van der Waals surface area contributed by atoms with Gasteiger partial charge in [-0.1, -0.05) is 18.2 Å². The number of para-hydroxylation sites is 1. The molecule has 1 aromatic carbocycles. The Morgan fingerprint density at radius 1 is 0.875 bits per heavy atom. The van der Waals surface area contributed by atoms with Crippen molar-refractivity contribution in [3.63, 3.8) is 0 Å². The van der Waals surface area contributed by atoms with Gasteiger partial charge in [0.05, 0.1) is 23.1 Å². The van der Waals surface area contributed by atoms with E-state index >= 15 is 0 Å². The van der Waals surface area contributed by atoms with Crippen molar-refractivity contribution < 1.29 is 4.79 Å². The summed E-state index contributed by atoms with van der Waals surface area (Å²) >= 11 is 0. The topological polar surface area (TPSA) is 75.9 Å². The molecule has 1 aliphatic rings. The lowest BCUT2D eigenvalue weighted by Gasteiger charge is -2.28. The lowest BCUT2D eigenvalue weighted by atomic mass is 10.1. The highest BCUT2D eigenvalue weighted by Gasteiger charge is 2.20. The number of nitrogens with one attached hydrogen (secondary N) is 1. The van der Waals surface area contributed by atoms with E-state index in [0.29, 0.717) is 17.1 Å². The maximum Gasteiger partial charge on any atom is 0.260 e. The van der Waals surface area contributed by atoms with E-state index in [1.165, 1.54) is 19.3 Å². The second-order valence-electron chi connectivity index (χ2n) is 7.82. The van der Waals surface area contributed by atoms with Crippen LogP contribution in [0.5, 0.6) is 0 Å². The molecule has 0 saturated carbocycles. The SMILES string of the molecule is O=C(Nc1ccc(N2CCCCC2)cn1)c1cn(-c2ccccc2)nc1-c1cccnc1. The van der Waals surface area contributed by atoms with Crippen LogP contribution in [0.2, 0.25) is 0 Å². The number of nitrogens with zero attached hydrogens (tertiary/aromatic N) is 5. The molecule has 0 unspecified atom stereocenters. The number of amides is 1. The monoisotopic (exact) mass is 424 g/mol. The lowest BCUT2D eigenvalue weighted by molar-refractivity contribution is 0.102. The first-order valence-corrected chi connectivity index (χ1v) is 10.9. The third-order valence-electron chi connectivity index (χ3n) is 5.63. The number of carbonyl (C=O) groups excluding carboxylic acids is 1. The summed E-state index contributed by atoms with van der Waals surface area (Å²) in [6, 6.07) is 17.3. The van der Waals surface area contributed by atoms with Gasteiger partial charge >= 0.3 is 0 Å². The lowest BCUT2D eigenvalue weighted by Crippen LogP contribution is -2.29. The van der Waals surface area contributed by atoms with Gasteiger partial charge in [-0.15, -0.1) is 0 Å². The summed E-state index contributed by atoms with van der Waals surface area (Å²) in [5.41, 5.74) is 3.78. The molecule has 5 rings (SSSR count). The number of anilines is 2. The van der Waals surface area contributed by atoms with Crippen molar-refractivity contribution in [2.75, 3.05) is 23.3 Å². The standard InChI is InChI=1S/C25H24N6O/c32-25(28-23-12-11-21(17-27-23)30-14-5-2-6-15-30)22-18-31(20-9-3-1-4-10-20)29-24(22)19-8-7-13-26-16-19/h1,3-4,7-13,16-18H,2,5-6,14-15H2,(H,27,28,32). The highest BCUT2D eigenvalue weighted by Crippen LogP contribution is 2.25. The van der Waals surface area contributed by atoms with Crippen LogP contribution in [0.4, 0.5) is 11.5 Å². The molecule has 1 saturated heterocycles. The summed E-state index contributed by atoms with van der Waals surface area (Å²) in [6.07, 6.45) is 10.7. The molecule has 0 spiro atoms. The van der Waals surface area contributed by atoms with Crippen LogP contribution < -0.4 is 10.2 Å². The zero-order valence-corrected chi connectivity index (χ0v) is 17.7. The average Bonchev–Trinajstić information content (AvgIpc) is 3.32. The molecule has 32 heavy (non-hydrogen) atoms. The Balaban J connectivity index is 1.42. The number of pyridine rings is 2. The van der Waals surface area contributed by atoms with E-state index in [4.69, 9.17) is 0 Å². The van der Waals surface area contributed by atoms with Gasteiger partial charge in [0, 0.05) is 37.2 Å². The van der Waals surface area contributed by atoms with Crippen molar-refractivity contribution >= 4 is 17.4 Å². The van der Waals surface area contributed by atoms with Crippen LogP contribution in [0.3, 0.4) is 0 Å². The van der Waals surface area contributed by atoms with Crippen molar-refractivity contribution in [1.29, 1.82) is 0 Å². The Labute approximate surface area is 186 Å². The normalized spacial score (nSPS) is 13.7. The molecule has 0 radical (unpaired) electrons. The fourth-order valence-electron chi connectivity index (χ4n) is 3.95. The zero-order valence-electron chi connectivity index (χ0n) is 17.7. The van der Waals surface area contributed by atoms with Gasteiger partial charge in [-0.2, -0.15) is 5.10 Å². The van der Waals surface area contributed by atoms with Crippen LogP contribution in [-0.2, 0) is 0 Å². The molecule has 4 aromatic rings. The van der Waals surface area contributed by atoms with Crippen molar-refractivity contribution in [2.24, 2.45) is 0 Å². The summed E-state index contributed by atoms with van der Waals surface area (Å²) in [5.74, 6) is 0.254. The minimum atomic E-state index is -0.260. The summed E-state index contributed by atoms with van der Waals surface area (Å²) < 4.78 is 1.71. The third-order valence-corrected chi connectivity index (χ3v) is 5.63. The highest BCUT2D eigenvalue weighted by molar-refractivity contribution is 6.07. The minimum absolute atomic E-state index is 0.260. The van der Waals surface area contributed by atoms with Crippen LogP contribution in [-0.4, -0.2) is 38.7 Å². The first kappa shape index (κ1) is 19.9. The molecule has 1 fully saturated rings. The van der Waals surface area contributed by atoms with Crippen molar-refractivity contribution in [3.8, 4) is 16.9 Å². The van der Waals surface area contributed by atoms with Gasteiger partial charge in [-0.25, -0.2) is 9.67 Å². The van der Waals surface area contributed by atoms with Gasteiger partial charge in [0.15, 0.2) is 0 Å². The Morgan fingerprint density at radius 2 is 1.72 bits per heavy atom. The molecule has 1 aliphatic heterocycles. The quantitative estimate of drug-likeness (QED) is 0.508. The molecule has 1 amide bonds. The average molecular weight is 425 g/mol. The number of benzene rings is 1. The van der Waals surface area contributed by atoms with Crippen LogP contribution in [0, 0.1) is 0 Å². The van der Waals surface area contributed by atoms with E-state index in [1.54, 1.807) is 23.3 Å². The van der Waals surface area contributed by atoms with Gasteiger partial charge < -0.3 is 10.2 Å². The van der Waals surface area contributed by atoms with E-state index in [-0.39, 0.29) is 5.91 Å². The van der Waals surface area contributed by atoms with Gasteiger partial charge in [0.25, 0.3) is 5.91 Å². The summed E-state index contributed by atoms with van der Waals surface area (Å²) in [4.78, 5) is 24.2. The van der Waals surface area contributed by atoms with Crippen LogP contribution in [0.15, 0.2) is 79.4 Å². The maximum atomic E-state index is 13.2. The van der Waals surface area contributed by atoms with E-state index in [9.17, 15) is 4.79 Å². The van der Waals surface area contributed by atoms with E-state index in [2.05, 4.69) is 25.3 Å². The number of hydrogen-bond donors (Lipinski definition) is 1. The second kappa shape index (κ2) is 9.01. The number of piperidine rings is 1. The van der Waals surface area contributed by atoms with E-state index < -0.39 is 0 Å². The molecule has 160 valence electrons. The fraction of sp³-hybridized carbons (Fsp3) is 0.200. The first-order valence-electron chi connectivity index (χ1n) is 10.9. The molecule has 4 heterocycles. The Morgan fingerprint density at radius 3 is 2.44 bits per heavy atom. The van der Waals surface area contributed by atoms with Gasteiger partial charge in [0.1, 0.15) is 11.5 Å².